The number of nitrogens with one attached hydrogen (secondary N) is 2. The molecule has 2 N–H and O–H groups in total. The molecule has 2 saturated carbocycles. The standard InChI is InChI=1S/C15H22N2.C14H20N2.C14H22N2.C14H21NO.C14H21N.C13H20N2.C11H17N3.C11H18N2.C10H15NS.C9H13N.2CH4/c1-13-5-7-15(8-6-13)17-11-9-16(10-12-17)14-3-2-4-14;1-12-2-4-13(5-3-12)15-8-10-16(11-9-15)14-6-7-14;1-12(2)15-8-10-16(11-9-15)14-6-4-13(3)5-7-14;1-12-5-7-13(8-6-12)10-15(2)11-14-4-3-9-16-14;1-13-5-7-14(8-6-13)9-12-15-10-3-2-4-11-15;1-10-4-6-13(7-5-10)15-8-11(2)14-12(3)9-15;1-10-3-4-11(9-12-10)14-7-5-13(2)6-8-14;1-10-4-6-11(7-5-10)12-8-9-13(2)3;1-9-5-6-10(12-9)11-7-3-2-4-8-11;1-8-4-6-9(7-5-8)10(2)3;;/h5-8,14H,2-4,9-12H2,1H3;2-5,14H,6-11H2,1H3;4-7,12H,8-11H2,1-3H3;5-8,14H,3-4,9-11H2,1-2H3;5-8H,2-4,9-12H2,1H3;4-7,11-12,14H,8-9H2,1-3H3;3-4,9H,5-8H2,1-2H3;4-7,12H,8-9H2,1-3H3;5-6H,2-4,7-8H2,1H3;4-7H,1-3H3;2*1H4. The van der Waals surface area contributed by atoms with Gasteiger partial charge in [-0.2, -0.15) is 0 Å². The molecule has 10 aliphatic rings. The molecule has 0 amide bonds. The number of likely N-dealkylation sites (N-methyl/N-ethyl adjacent to an activating group) is 3. The summed E-state index contributed by atoms with van der Waals surface area (Å²) in [5.74, 6) is 0. The van der Waals surface area contributed by atoms with E-state index in [1.54, 1.807) is 0 Å². The topological polar surface area (TPSA) is 91.5 Å². The van der Waals surface area contributed by atoms with Crippen molar-refractivity contribution in [1.29, 1.82) is 0 Å². The molecule has 8 saturated heterocycles. The lowest BCUT2D eigenvalue weighted by atomic mass is 9.91. The van der Waals surface area contributed by atoms with Crippen molar-refractivity contribution in [2.24, 2.45) is 0 Å². The van der Waals surface area contributed by atoms with Crippen LogP contribution in [0, 0.1) is 69.2 Å². The molecule has 146 heavy (non-hydrogen) atoms. The molecule has 0 bridgehead atoms. The second kappa shape index (κ2) is 64.9. The van der Waals surface area contributed by atoms with Crippen LogP contribution in [0.4, 0.5) is 44.8 Å². The van der Waals surface area contributed by atoms with Crippen molar-refractivity contribution in [3.05, 3.63) is 291 Å². The van der Waals surface area contributed by atoms with Crippen LogP contribution in [-0.2, 0) is 17.7 Å². The van der Waals surface area contributed by atoms with E-state index in [2.05, 4.69) is 421 Å². The Hall–Kier alpha value is -9.35. The van der Waals surface area contributed by atoms with Crippen molar-refractivity contribution in [2.75, 3.05) is 259 Å². The van der Waals surface area contributed by atoms with Crippen LogP contribution in [0.25, 0.3) is 0 Å². The van der Waals surface area contributed by atoms with Crippen molar-refractivity contribution in [3.8, 4) is 0 Å². The van der Waals surface area contributed by atoms with E-state index in [-0.39, 0.29) is 14.9 Å². The third-order valence-electron chi connectivity index (χ3n) is 29.5. The summed E-state index contributed by atoms with van der Waals surface area (Å²) < 4.78 is 5.64. The minimum Gasteiger partial charge on any atom is -0.384 e. The highest BCUT2D eigenvalue weighted by Gasteiger charge is 2.32. The van der Waals surface area contributed by atoms with Gasteiger partial charge in [0.1, 0.15) is 0 Å². The fourth-order valence-electron chi connectivity index (χ4n) is 19.7. The van der Waals surface area contributed by atoms with Gasteiger partial charge in [-0.1, -0.05) is 194 Å². The van der Waals surface area contributed by atoms with Crippen LogP contribution in [0.2, 0.25) is 0 Å². The number of anilines is 8. The van der Waals surface area contributed by atoms with Gasteiger partial charge in [0, 0.05) is 259 Å². The molecule has 10 fully saturated rings. The Balaban J connectivity index is 0.000000181. The first-order valence-corrected chi connectivity index (χ1v) is 56.1. The highest BCUT2D eigenvalue weighted by atomic mass is 32.1. The van der Waals surface area contributed by atoms with Gasteiger partial charge in [0.05, 0.1) is 23.0 Å². The molecule has 802 valence electrons. The Labute approximate surface area is 893 Å². The summed E-state index contributed by atoms with van der Waals surface area (Å²) in [6.45, 7) is 62.9. The number of hydrogen-bond donors (Lipinski definition) is 2. The fourth-order valence-corrected chi connectivity index (χ4v) is 20.6. The molecule has 18 nitrogen and oxygen atoms in total. The molecule has 10 aromatic rings. The molecule has 19 heteroatoms. The van der Waals surface area contributed by atoms with Crippen molar-refractivity contribution in [2.45, 2.75) is 245 Å². The molecular weight excluding hydrogens is 1810 g/mol. The number of aryl methyl sites for hydroxylation is 10. The lowest BCUT2D eigenvalue weighted by Crippen LogP contribution is -2.54. The van der Waals surface area contributed by atoms with Gasteiger partial charge in [-0.25, -0.2) is 0 Å². The van der Waals surface area contributed by atoms with Crippen LogP contribution < -0.4 is 44.9 Å². The first kappa shape index (κ1) is 120. The van der Waals surface area contributed by atoms with Gasteiger partial charge in [-0.15, -0.1) is 11.3 Å². The molecule has 8 aromatic carbocycles. The Bertz CT molecular complexity index is 4960. The molecule has 3 atom stereocenters. The second-order valence-electron chi connectivity index (χ2n) is 43.4. The zero-order valence-electron chi connectivity index (χ0n) is 93.0. The zero-order chi connectivity index (χ0) is 102. The number of aromatic nitrogens is 1. The highest BCUT2D eigenvalue weighted by molar-refractivity contribution is 7.16. The van der Waals surface area contributed by atoms with Crippen molar-refractivity contribution in [3.63, 3.8) is 0 Å². The van der Waals surface area contributed by atoms with Crippen LogP contribution in [-0.4, -0.2) is 295 Å². The summed E-state index contributed by atoms with van der Waals surface area (Å²) in [6.07, 6.45) is 21.7. The third-order valence-corrected chi connectivity index (χ3v) is 30.6. The largest absolute Gasteiger partial charge is 0.384 e. The van der Waals surface area contributed by atoms with Gasteiger partial charge < -0.3 is 64.4 Å². The number of rotatable bonds is 21. The van der Waals surface area contributed by atoms with Crippen molar-refractivity contribution >= 4 is 56.1 Å². The number of hydrogen-bond acceptors (Lipinski definition) is 19. The molecule has 2 aromatic heterocycles. The van der Waals surface area contributed by atoms with E-state index in [9.17, 15) is 0 Å². The lowest BCUT2D eigenvalue weighted by molar-refractivity contribution is 0.0793. The maximum absolute atomic E-state index is 5.64. The van der Waals surface area contributed by atoms with E-state index in [0.717, 1.165) is 103 Å². The van der Waals surface area contributed by atoms with Gasteiger partial charge in [-0.3, -0.25) is 24.6 Å². The molecule has 10 heterocycles. The molecular formula is C127H197N17OS. The number of piperidine rings is 2. The molecule has 2 aliphatic carbocycles. The van der Waals surface area contributed by atoms with Gasteiger partial charge in [0.2, 0.25) is 0 Å². The Morgan fingerprint density at radius 2 is 0.801 bits per heavy atom. The fraction of sp³-hybridized carbons (Fsp3) is 0.551. The number of likely N-dealkylation sites (tertiary alicyclic amines) is 1. The minimum atomic E-state index is 0. The third kappa shape index (κ3) is 44.4. The Morgan fingerprint density at radius 1 is 0.397 bits per heavy atom. The van der Waals surface area contributed by atoms with Crippen LogP contribution in [0.3, 0.4) is 0 Å². The molecule has 3 unspecified atom stereocenters. The smallest absolute Gasteiger partial charge is 0.0911 e. The van der Waals surface area contributed by atoms with E-state index < -0.39 is 0 Å². The van der Waals surface area contributed by atoms with E-state index in [1.807, 2.05) is 38.6 Å². The van der Waals surface area contributed by atoms with Crippen LogP contribution in [0.5, 0.6) is 0 Å². The van der Waals surface area contributed by atoms with Gasteiger partial charge in [0.15, 0.2) is 0 Å². The van der Waals surface area contributed by atoms with E-state index >= 15 is 0 Å². The number of pyridine rings is 1. The van der Waals surface area contributed by atoms with E-state index in [0.29, 0.717) is 24.2 Å². The summed E-state index contributed by atoms with van der Waals surface area (Å²) >= 11 is 1.92. The minimum absolute atomic E-state index is 0. The van der Waals surface area contributed by atoms with Gasteiger partial charge >= 0.3 is 0 Å². The van der Waals surface area contributed by atoms with Crippen molar-refractivity contribution in [1.82, 2.24) is 44.6 Å². The maximum Gasteiger partial charge on any atom is 0.0911 e. The number of benzene rings is 8. The average Bonchev–Trinajstić information content (AvgIpc) is 1.68. The average molecular weight is 2010 g/mol. The highest BCUT2D eigenvalue weighted by Crippen LogP contribution is 2.32. The predicted molar refractivity (Wildman–Crippen MR) is 639 cm³/mol. The second-order valence-corrected chi connectivity index (χ2v) is 44.6. The number of ether oxygens (including phenoxy) is 1. The normalized spacial score (nSPS) is 18.8. The quantitative estimate of drug-likeness (QED) is 0.0714. The molecule has 0 spiro atoms. The maximum atomic E-state index is 5.64. The molecule has 8 aliphatic heterocycles. The predicted octanol–water partition coefficient (Wildman–Crippen LogP) is 24.8. The first-order valence-electron chi connectivity index (χ1n) is 55.3. The Morgan fingerprint density at radius 3 is 1.20 bits per heavy atom. The summed E-state index contributed by atoms with van der Waals surface area (Å²) in [6, 6.07) is 82.6. The molecule has 0 radical (unpaired) electrons. The summed E-state index contributed by atoms with van der Waals surface area (Å²) in [5.41, 5.74) is 23.8. The number of thiophene rings is 1. The monoisotopic (exact) mass is 2010 g/mol. The van der Waals surface area contributed by atoms with Gasteiger partial charge in [-0.05, 0) is 323 Å². The summed E-state index contributed by atoms with van der Waals surface area (Å²) in [5, 5.41) is 8.38. The molecule has 20 rings (SSSR count). The van der Waals surface area contributed by atoms with Crippen molar-refractivity contribution < 1.29 is 4.74 Å². The lowest BCUT2D eigenvalue weighted by Gasteiger charge is -2.43. The zero-order valence-corrected chi connectivity index (χ0v) is 93.9. The Kier molecular flexibility index (Phi) is 53.4. The van der Waals surface area contributed by atoms with Gasteiger partial charge in [0.25, 0.3) is 0 Å². The van der Waals surface area contributed by atoms with Crippen LogP contribution in [0.15, 0.2) is 225 Å². The van der Waals surface area contributed by atoms with Crippen LogP contribution in [0.1, 0.15) is 192 Å². The van der Waals surface area contributed by atoms with E-state index in [1.165, 1.54) is 293 Å². The van der Waals surface area contributed by atoms with Crippen LogP contribution >= 0.6 is 11.3 Å². The SMILES string of the molecule is C.C.Cc1ccc(CCN2CCCCC2)cc1.Cc1ccc(CN(C)CC2CCCO2)cc1.Cc1ccc(N(C)C)cc1.Cc1ccc(N2CC(C)NC(C)C2)cc1.Cc1ccc(N2CCCCC2)s1.Cc1ccc(N2CCN(C(C)C)CC2)cc1.Cc1ccc(N2CCN(C)CC2)cn1.Cc1ccc(N2CCN(C3CC3)CC2)cc1.Cc1ccc(N2CCN(C3CCC3)CC2)cc1.Cc1ccc(NCCN(C)C)cc1. The first-order chi connectivity index (χ1) is 69.5. The number of piperazine rings is 5. The summed E-state index contributed by atoms with van der Waals surface area (Å²) in [4.78, 5) is 40.1. The summed E-state index contributed by atoms with van der Waals surface area (Å²) in [7, 11) is 12.6. The number of nitrogens with zero attached hydrogens (tertiary/aromatic N) is 15. The van der Waals surface area contributed by atoms with E-state index in [4.69, 9.17) is 4.74 Å².